The number of hydrogen-bond donors (Lipinski definition) is 0. The molecule has 0 bridgehead atoms. The molecule has 1 saturated heterocycles. The van der Waals surface area contributed by atoms with Crippen LogP contribution >= 0.6 is 0 Å². The molecule has 5 rings (SSSR count). The van der Waals surface area contributed by atoms with E-state index >= 15 is 0 Å². The Kier molecular flexibility index (Phi) is 6.06. The summed E-state index contributed by atoms with van der Waals surface area (Å²) < 4.78 is 5.73. The van der Waals surface area contributed by atoms with Crippen molar-refractivity contribution in [2.45, 2.75) is 57.3 Å². The second kappa shape index (κ2) is 9.27. The Balaban J connectivity index is 1.41. The Bertz CT molecular complexity index is 1040. The summed E-state index contributed by atoms with van der Waals surface area (Å²) in [5, 5.41) is 4.24. The number of hydrogen-bond acceptors (Lipinski definition) is 4. The molecule has 1 amide bonds. The van der Waals surface area contributed by atoms with Gasteiger partial charge in [0.1, 0.15) is 0 Å². The lowest BCUT2D eigenvalue weighted by Gasteiger charge is -2.38. The molecule has 166 valence electrons. The summed E-state index contributed by atoms with van der Waals surface area (Å²) in [5.41, 5.74) is 3.58. The summed E-state index contributed by atoms with van der Waals surface area (Å²) in [7, 11) is 0. The highest BCUT2D eigenvalue weighted by molar-refractivity contribution is 5.79. The van der Waals surface area contributed by atoms with Gasteiger partial charge in [-0.25, -0.2) is 0 Å². The van der Waals surface area contributed by atoms with Crippen molar-refractivity contribution in [3.8, 4) is 11.4 Å². The number of rotatable bonds is 5. The summed E-state index contributed by atoms with van der Waals surface area (Å²) in [6, 6.07) is 18.8. The van der Waals surface area contributed by atoms with Gasteiger partial charge in [-0.15, -0.1) is 0 Å². The van der Waals surface area contributed by atoms with Crippen LogP contribution < -0.4 is 0 Å². The summed E-state index contributed by atoms with van der Waals surface area (Å²) in [4.78, 5) is 20.2. The fourth-order valence-corrected chi connectivity index (χ4v) is 5.26. The molecular weight excluding hydrogens is 398 g/mol. The van der Waals surface area contributed by atoms with Gasteiger partial charge in [0.15, 0.2) is 0 Å². The number of nitrogens with zero attached hydrogens (tertiary/aromatic N) is 3. The van der Waals surface area contributed by atoms with Gasteiger partial charge in [0, 0.05) is 30.5 Å². The number of carbonyl (C=O) groups is 1. The zero-order valence-corrected chi connectivity index (χ0v) is 18.7. The zero-order valence-electron chi connectivity index (χ0n) is 18.7. The molecule has 0 N–H and O–H groups in total. The summed E-state index contributed by atoms with van der Waals surface area (Å²) in [6.45, 7) is 3.61. The molecule has 2 fully saturated rings. The van der Waals surface area contributed by atoms with Gasteiger partial charge in [-0.05, 0) is 36.8 Å². The van der Waals surface area contributed by atoms with Crippen LogP contribution in [0.4, 0.5) is 0 Å². The average Bonchev–Trinajstić information content (AvgIpc) is 3.57. The molecule has 32 heavy (non-hydrogen) atoms. The van der Waals surface area contributed by atoms with Gasteiger partial charge in [0.25, 0.3) is 0 Å². The molecular formula is C27H31N3O2. The third-order valence-electron chi connectivity index (χ3n) is 7.15. The van der Waals surface area contributed by atoms with Crippen LogP contribution in [0.25, 0.3) is 11.4 Å². The number of aromatic nitrogens is 2. The van der Waals surface area contributed by atoms with E-state index in [1.165, 1.54) is 24.0 Å². The monoisotopic (exact) mass is 429 g/mol. The third-order valence-corrected chi connectivity index (χ3v) is 7.15. The highest BCUT2D eigenvalue weighted by Crippen LogP contribution is 2.38. The van der Waals surface area contributed by atoms with Crippen LogP contribution in [-0.2, 0) is 11.2 Å². The lowest BCUT2D eigenvalue weighted by molar-refractivity contribution is -0.137. The maximum Gasteiger partial charge on any atom is 0.231 e. The van der Waals surface area contributed by atoms with E-state index in [0.717, 1.165) is 37.8 Å². The molecule has 1 aromatic heterocycles. The van der Waals surface area contributed by atoms with Crippen LogP contribution in [0.1, 0.15) is 67.9 Å². The van der Waals surface area contributed by atoms with Gasteiger partial charge in [0.2, 0.25) is 17.6 Å². The largest absolute Gasteiger partial charge is 0.341 e. The molecule has 2 unspecified atom stereocenters. The Hall–Kier alpha value is -2.95. The summed E-state index contributed by atoms with van der Waals surface area (Å²) in [6.07, 6.45) is 6.32. The Morgan fingerprint density at radius 2 is 1.72 bits per heavy atom. The third kappa shape index (κ3) is 4.34. The lowest BCUT2D eigenvalue weighted by Crippen LogP contribution is -2.44. The van der Waals surface area contributed by atoms with Crippen molar-refractivity contribution in [3.63, 3.8) is 0 Å². The van der Waals surface area contributed by atoms with E-state index in [9.17, 15) is 4.79 Å². The normalized spacial score (nSPS) is 21.7. The summed E-state index contributed by atoms with van der Waals surface area (Å²) in [5.74, 6) is 2.07. The Morgan fingerprint density at radius 3 is 2.44 bits per heavy atom. The van der Waals surface area contributed by atoms with E-state index in [1.54, 1.807) is 0 Å². The topological polar surface area (TPSA) is 59.2 Å². The van der Waals surface area contributed by atoms with Crippen molar-refractivity contribution in [2.75, 3.05) is 13.1 Å². The van der Waals surface area contributed by atoms with Crippen LogP contribution in [-0.4, -0.2) is 34.0 Å². The molecule has 2 atom stereocenters. The number of benzene rings is 2. The smallest absolute Gasteiger partial charge is 0.231 e. The lowest BCUT2D eigenvalue weighted by atomic mass is 9.83. The van der Waals surface area contributed by atoms with Crippen molar-refractivity contribution in [2.24, 2.45) is 5.92 Å². The predicted octanol–water partition coefficient (Wildman–Crippen LogP) is 5.59. The molecule has 5 heteroatoms. The molecule has 2 heterocycles. The molecule has 1 saturated carbocycles. The molecule has 2 aliphatic rings. The van der Waals surface area contributed by atoms with Gasteiger partial charge in [-0.3, -0.25) is 4.79 Å². The van der Waals surface area contributed by atoms with Crippen molar-refractivity contribution in [1.29, 1.82) is 0 Å². The molecule has 0 radical (unpaired) electrons. The minimum atomic E-state index is 0.0508. The maximum atomic E-state index is 13.3. The standard InChI is InChI=1S/C27H31N3O2/c1-2-19-12-14-20(15-13-19)23-16-24(18-30(17-23)27(31)22-10-6-7-11-22)26-28-25(29-32-26)21-8-4-3-5-9-21/h3-5,8-9,12-15,22-24H,2,6-7,10-11,16-18H2,1H3. The van der Waals surface area contributed by atoms with Crippen molar-refractivity contribution >= 4 is 5.91 Å². The second-order valence-electron chi connectivity index (χ2n) is 9.27. The Morgan fingerprint density at radius 1 is 1.00 bits per heavy atom. The van der Waals surface area contributed by atoms with E-state index in [2.05, 4.69) is 41.2 Å². The van der Waals surface area contributed by atoms with Crippen LogP contribution in [0.5, 0.6) is 0 Å². The first-order valence-corrected chi connectivity index (χ1v) is 12.0. The highest BCUT2D eigenvalue weighted by Gasteiger charge is 2.37. The highest BCUT2D eigenvalue weighted by atomic mass is 16.5. The number of carbonyl (C=O) groups excluding carboxylic acids is 1. The second-order valence-corrected chi connectivity index (χ2v) is 9.27. The van der Waals surface area contributed by atoms with Gasteiger partial charge in [-0.2, -0.15) is 4.98 Å². The van der Waals surface area contributed by atoms with Gasteiger partial charge < -0.3 is 9.42 Å². The minimum Gasteiger partial charge on any atom is -0.341 e. The number of likely N-dealkylation sites (tertiary alicyclic amines) is 1. The van der Waals surface area contributed by atoms with E-state index in [1.807, 2.05) is 30.3 Å². The van der Waals surface area contributed by atoms with E-state index in [-0.39, 0.29) is 17.8 Å². The van der Waals surface area contributed by atoms with Crippen molar-refractivity contribution in [1.82, 2.24) is 15.0 Å². The fourth-order valence-electron chi connectivity index (χ4n) is 5.26. The molecule has 5 nitrogen and oxygen atoms in total. The maximum absolute atomic E-state index is 13.3. The first-order valence-electron chi connectivity index (χ1n) is 12.0. The van der Waals surface area contributed by atoms with Crippen molar-refractivity contribution in [3.05, 3.63) is 71.6 Å². The van der Waals surface area contributed by atoms with Gasteiger partial charge in [-0.1, -0.05) is 79.5 Å². The number of piperidine rings is 1. The van der Waals surface area contributed by atoms with E-state index < -0.39 is 0 Å². The minimum absolute atomic E-state index is 0.0508. The van der Waals surface area contributed by atoms with Crippen molar-refractivity contribution < 1.29 is 9.32 Å². The predicted molar refractivity (Wildman–Crippen MR) is 124 cm³/mol. The first-order chi connectivity index (χ1) is 15.7. The van der Waals surface area contributed by atoms with Crippen LogP contribution in [0.15, 0.2) is 59.1 Å². The molecule has 0 spiro atoms. The molecule has 2 aromatic carbocycles. The zero-order chi connectivity index (χ0) is 21.9. The summed E-state index contributed by atoms with van der Waals surface area (Å²) >= 11 is 0. The quantitative estimate of drug-likeness (QED) is 0.530. The van der Waals surface area contributed by atoms with Crippen LogP contribution in [0.3, 0.4) is 0 Å². The molecule has 1 aliphatic carbocycles. The van der Waals surface area contributed by atoms with Gasteiger partial charge in [0.05, 0.1) is 5.92 Å². The first kappa shape index (κ1) is 20.9. The molecule has 1 aliphatic heterocycles. The average molecular weight is 430 g/mol. The van der Waals surface area contributed by atoms with Gasteiger partial charge >= 0.3 is 0 Å². The number of aryl methyl sites for hydroxylation is 1. The SMILES string of the molecule is CCc1ccc(C2CC(c3nc(-c4ccccc4)no3)CN(C(=O)C3CCCC3)C2)cc1. The van der Waals surface area contributed by atoms with E-state index in [4.69, 9.17) is 9.51 Å². The number of amides is 1. The molecule has 3 aromatic rings. The Labute approximate surface area is 189 Å². The van der Waals surface area contributed by atoms with Crippen LogP contribution in [0, 0.1) is 5.92 Å². The fraction of sp³-hybridized carbons (Fsp3) is 0.444. The van der Waals surface area contributed by atoms with Crippen LogP contribution in [0.2, 0.25) is 0 Å². The van der Waals surface area contributed by atoms with E-state index in [0.29, 0.717) is 24.2 Å².